The quantitative estimate of drug-likeness (QED) is 0.174. The van der Waals surface area contributed by atoms with Crippen LogP contribution >= 0.6 is 0 Å². The predicted molar refractivity (Wildman–Crippen MR) is 277 cm³/mol. The van der Waals surface area contributed by atoms with Crippen LogP contribution in [0.25, 0.3) is 0 Å². The van der Waals surface area contributed by atoms with Gasteiger partial charge in [0, 0.05) is 122 Å². The molecule has 0 aliphatic carbocycles. The first-order chi connectivity index (χ1) is 33.8. The second-order valence-electron chi connectivity index (χ2n) is 12.9. The van der Waals surface area contributed by atoms with Gasteiger partial charge in [-0.15, -0.1) is 0 Å². The molecule has 0 saturated carbocycles. The minimum atomic E-state index is -3.27. The Morgan fingerprint density at radius 3 is 1.14 bits per heavy atom. The first-order valence-electron chi connectivity index (χ1n) is 20.0. The average Bonchev–Trinajstić information content (AvgIpc) is 3.32. The summed E-state index contributed by atoms with van der Waals surface area (Å²) in [5.74, 6) is 0. The molecule has 0 radical (unpaired) electrons. The van der Waals surface area contributed by atoms with Gasteiger partial charge in [0.25, 0.3) is 0 Å². The number of anilines is 4. The van der Waals surface area contributed by atoms with Crippen LogP contribution in [0.15, 0.2) is 250 Å². The number of sulfonamides is 2. The molecule has 0 aromatic heterocycles. The van der Waals surface area contributed by atoms with Crippen LogP contribution in [0.3, 0.4) is 0 Å². The van der Waals surface area contributed by atoms with Crippen LogP contribution in [0.2, 0.25) is 6.82 Å². The monoisotopic (exact) mass is 958 g/mol. The van der Waals surface area contributed by atoms with E-state index in [0.29, 0.717) is 11.4 Å². The zero-order chi connectivity index (χ0) is 51.0. The van der Waals surface area contributed by atoms with Gasteiger partial charge in [0.15, 0.2) is 0 Å². The number of hydrogen-bond acceptors (Lipinski definition) is 7. The van der Waals surface area contributed by atoms with Crippen molar-refractivity contribution in [3.63, 3.8) is 0 Å². The molecular weight excluding hydrogens is 920 g/mol. The summed E-state index contributed by atoms with van der Waals surface area (Å²) in [5, 5.41) is 13.0. The highest BCUT2D eigenvalue weighted by Crippen LogP contribution is 2.31. The Morgan fingerprint density at radius 1 is 0.507 bits per heavy atom. The van der Waals surface area contributed by atoms with E-state index in [-0.39, 0.29) is 7.43 Å². The van der Waals surface area contributed by atoms with Crippen molar-refractivity contribution in [3.05, 3.63) is 261 Å². The molecule has 0 bridgehead atoms. The first kappa shape index (κ1) is 58.6. The molecule has 2 aromatic rings. The van der Waals surface area contributed by atoms with Crippen molar-refractivity contribution >= 4 is 49.8 Å². The highest BCUT2D eigenvalue weighted by molar-refractivity contribution is 7.92. The van der Waals surface area contributed by atoms with Crippen LogP contribution in [-0.2, 0) is 32.9 Å². The number of fused-ring (bicyclic) bond motifs is 2. The van der Waals surface area contributed by atoms with Crippen molar-refractivity contribution < 1.29 is 21.9 Å². The average molecular weight is 959 g/mol. The summed E-state index contributed by atoms with van der Waals surface area (Å²) in [6.07, 6.45) is 6.42. The standard InChI is InChI=1S/C37H4.C11H17BN2O3S.C10H14N2O2S.CH4/c1-3-5-7-9-11-13-15-17-19-21-23-25-27-29-31-33-35-37-36-34-32-30-28-26-24-22-20-18-16-14-12-10-8-6-4-2;1-12(15)14-7-3-4-9-5-6-10(8-11(9)14)13-18(2,16)17;1-15(13,14)12-9-5-4-8-3-2-6-11-10(8)7-9;/h1-2H2;5-6,8,13,15H,3-4,7H2,1-2H3;4-5,7,11-12H,2-3,6H2,1H3;1H4. The Morgan fingerprint density at radius 2 is 0.817 bits per heavy atom. The van der Waals surface area contributed by atoms with E-state index >= 15 is 0 Å². The molecule has 0 amide bonds. The molecule has 4 N–H and O–H groups in total. The summed E-state index contributed by atoms with van der Waals surface area (Å²) in [5.41, 5.74) is 92.4. The SMILES string of the molecule is C.C=C=C=C=C=C=C=C=C=C=C=C=C=C=C=C=C=C=C=C=C=C=C=C=C=C=C=C=C=C=C=C=C=C=C=C=C.CB(O)N1CCCc2ccc(NS(C)(=O)=O)cc21.CS(=O)(=O)Nc1ccc2c(c1)NCCC2. The Balaban J connectivity index is 0.000000605. The third-order valence-corrected chi connectivity index (χ3v) is 8.74. The molecule has 0 saturated heterocycles. The fraction of sp³-hybridized carbons (Fsp3) is 0.169. The fourth-order valence-corrected chi connectivity index (χ4v) is 6.17. The predicted octanol–water partition coefficient (Wildman–Crippen LogP) is 9.20. The van der Waals surface area contributed by atoms with Gasteiger partial charge in [-0.3, -0.25) is 9.44 Å². The first-order valence-corrected chi connectivity index (χ1v) is 23.8. The van der Waals surface area contributed by atoms with Crippen molar-refractivity contribution in [1.29, 1.82) is 0 Å². The molecule has 2 aliphatic rings. The highest BCUT2D eigenvalue weighted by atomic mass is 32.2. The summed E-state index contributed by atoms with van der Waals surface area (Å²) < 4.78 is 49.4. The number of hydrogen-bond donors (Lipinski definition) is 4. The van der Waals surface area contributed by atoms with Gasteiger partial charge in [-0.1, -0.05) is 31.0 Å². The van der Waals surface area contributed by atoms with Gasteiger partial charge >= 0.3 is 7.05 Å². The maximum Gasteiger partial charge on any atom is 0.409 e. The van der Waals surface area contributed by atoms with Gasteiger partial charge in [0.2, 0.25) is 20.0 Å². The lowest BCUT2D eigenvalue weighted by molar-refractivity contribution is 0.563. The summed E-state index contributed by atoms with van der Waals surface area (Å²) >= 11 is 0. The molecule has 0 spiro atoms. The summed E-state index contributed by atoms with van der Waals surface area (Å²) in [6.45, 7) is 10.1. The molecule has 340 valence electrons. The Hall–Kier alpha value is -10.4. The maximum atomic E-state index is 11.2. The van der Waals surface area contributed by atoms with E-state index in [9.17, 15) is 21.9 Å². The molecule has 0 atom stereocenters. The van der Waals surface area contributed by atoms with E-state index < -0.39 is 27.1 Å². The lowest BCUT2D eigenvalue weighted by atomic mass is 9.81. The van der Waals surface area contributed by atoms with Gasteiger partial charge in [-0.2, -0.15) is 0 Å². The zero-order valence-corrected chi connectivity index (χ0v) is 39.7. The molecule has 71 heavy (non-hydrogen) atoms. The molecule has 4 rings (SSSR count). The van der Waals surface area contributed by atoms with E-state index in [4.69, 9.17) is 0 Å². The van der Waals surface area contributed by atoms with Crippen LogP contribution in [0.4, 0.5) is 22.7 Å². The van der Waals surface area contributed by atoms with Crippen LogP contribution in [-0.4, -0.2) is 54.5 Å². The van der Waals surface area contributed by atoms with Crippen molar-refractivity contribution in [2.45, 2.75) is 39.9 Å². The minimum Gasteiger partial charge on any atom is -0.432 e. The van der Waals surface area contributed by atoms with Crippen LogP contribution in [0.1, 0.15) is 31.4 Å². The topological polar surface area (TPSA) is 128 Å². The van der Waals surface area contributed by atoms with Crippen molar-refractivity contribution in [3.8, 4) is 0 Å². The molecular formula is C59H39BN4O5S2. The number of rotatable bonds is 5. The lowest BCUT2D eigenvalue weighted by Gasteiger charge is -2.32. The van der Waals surface area contributed by atoms with Gasteiger partial charge in [0.1, 0.15) is 0 Å². The smallest absolute Gasteiger partial charge is 0.409 e. The van der Waals surface area contributed by atoms with Gasteiger partial charge in [-0.25, -0.2) is 16.8 Å². The maximum absolute atomic E-state index is 11.2. The molecule has 0 fully saturated rings. The third kappa shape index (κ3) is 30.4. The summed E-state index contributed by atoms with van der Waals surface area (Å²) in [6, 6.07) is 11.1. The van der Waals surface area contributed by atoms with E-state index in [1.54, 1.807) is 25.0 Å². The number of aryl methyl sites for hydroxylation is 2. The van der Waals surface area contributed by atoms with E-state index in [1.165, 1.54) is 5.56 Å². The molecule has 2 aliphatic heterocycles. The second kappa shape index (κ2) is 35.8. The van der Waals surface area contributed by atoms with Crippen molar-refractivity contribution in [1.82, 2.24) is 0 Å². The molecule has 2 heterocycles. The van der Waals surface area contributed by atoms with Crippen LogP contribution in [0, 0.1) is 0 Å². The molecule has 12 heteroatoms. The third-order valence-electron chi connectivity index (χ3n) is 7.52. The van der Waals surface area contributed by atoms with E-state index in [2.05, 4.69) is 229 Å². The lowest BCUT2D eigenvalue weighted by Crippen LogP contribution is -2.40. The van der Waals surface area contributed by atoms with Crippen LogP contribution < -0.4 is 19.6 Å². The molecule has 9 nitrogen and oxygen atoms in total. The molecule has 2 aromatic carbocycles. The number of benzene rings is 2. The minimum absolute atomic E-state index is 0. The fourth-order valence-electron chi connectivity index (χ4n) is 5.06. The summed E-state index contributed by atoms with van der Waals surface area (Å²) in [7, 11) is -7.03. The Bertz CT molecular complexity index is 3900. The number of nitrogens with one attached hydrogen (secondary N) is 3. The Kier molecular flexibility index (Phi) is 29.6. The second-order valence-corrected chi connectivity index (χ2v) is 16.4. The van der Waals surface area contributed by atoms with Crippen LogP contribution in [0.5, 0.6) is 0 Å². The summed E-state index contributed by atoms with van der Waals surface area (Å²) in [4.78, 5) is 1.88. The normalized spacial score (nSPS) is 9.10. The van der Waals surface area contributed by atoms with Gasteiger partial charge in [-0.05, 0) is 173 Å². The van der Waals surface area contributed by atoms with E-state index in [1.807, 2.05) is 23.0 Å². The van der Waals surface area contributed by atoms with Crippen molar-refractivity contribution in [2.75, 3.05) is 45.2 Å². The number of nitrogens with zero attached hydrogens (tertiary/aromatic N) is 1. The Labute approximate surface area is 415 Å². The van der Waals surface area contributed by atoms with Crippen molar-refractivity contribution in [2.24, 2.45) is 0 Å². The largest absolute Gasteiger partial charge is 0.432 e. The van der Waals surface area contributed by atoms with E-state index in [0.717, 1.165) is 68.2 Å². The highest BCUT2D eigenvalue weighted by Gasteiger charge is 2.23. The molecule has 0 unspecified atom stereocenters. The zero-order valence-electron chi connectivity index (χ0n) is 38.0. The van der Waals surface area contributed by atoms with Gasteiger partial charge < -0.3 is 15.2 Å². The van der Waals surface area contributed by atoms with Gasteiger partial charge in [0.05, 0.1) is 23.9 Å².